The molecule has 0 unspecified atom stereocenters. The number of benzene rings is 1. The summed E-state index contributed by atoms with van der Waals surface area (Å²) in [6.45, 7) is 0. The second-order valence-electron chi connectivity index (χ2n) is 3.01. The minimum Gasteiger partial charge on any atom is -0.272 e. The van der Waals surface area contributed by atoms with Crippen molar-refractivity contribution in [3.05, 3.63) is 39.9 Å². The highest BCUT2D eigenvalue weighted by Gasteiger charge is 2.19. The number of non-ortho nitro benzene ring substituents is 1. The van der Waals surface area contributed by atoms with Crippen molar-refractivity contribution in [2.45, 2.75) is 0 Å². The molecular weight excluding hydrogens is 250 g/mol. The van der Waals surface area contributed by atoms with Crippen LogP contribution in [-0.2, 0) is 4.79 Å². The Balaban J connectivity index is 2.90. The summed E-state index contributed by atoms with van der Waals surface area (Å²) >= 11 is 5.23. The first-order chi connectivity index (χ1) is 7.97. The van der Waals surface area contributed by atoms with E-state index in [-0.39, 0.29) is 11.3 Å². The van der Waals surface area contributed by atoms with Gasteiger partial charge in [0.1, 0.15) is 5.88 Å². The lowest BCUT2D eigenvalue weighted by Crippen LogP contribution is -2.43. The maximum absolute atomic E-state index is 11.6. The van der Waals surface area contributed by atoms with Gasteiger partial charge in [0.15, 0.2) is 0 Å². The number of rotatable bonds is 3. The van der Waals surface area contributed by atoms with Crippen LogP contribution >= 0.6 is 11.6 Å². The van der Waals surface area contributed by atoms with Gasteiger partial charge in [-0.25, -0.2) is 10.9 Å². The van der Waals surface area contributed by atoms with Gasteiger partial charge in [0.2, 0.25) is 0 Å². The van der Waals surface area contributed by atoms with Gasteiger partial charge in [-0.1, -0.05) is 0 Å². The Labute approximate surface area is 101 Å². The molecule has 0 atom stereocenters. The van der Waals surface area contributed by atoms with Crippen LogP contribution in [0.1, 0.15) is 10.4 Å². The topological polar surface area (TPSA) is 107 Å². The second kappa shape index (κ2) is 5.37. The number of halogens is 1. The number of carbonyl (C=O) groups is 2. The third kappa shape index (κ3) is 2.99. The molecule has 0 saturated heterocycles. The highest BCUT2D eigenvalue weighted by atomic mass is 35.5. The molecule has 0 aromatic heterocycles. The minimum absolute atomic E-state index is 0.0663. The number of alkyl halides is 1. The number of hydrazine groups is 1. The van der Waals surface area contributed by atoms with E-state index < -0.39 is 22.6 Å². The van der Waals surface area contributed by atoms with Gasteiger partial charge in [-0.2, -0.15) is 0 Å². The number of hydrogen-bond acceptors (Lipinski definition) is 5. The summed E-state index contributed by atoms with van der Waals surface area (Å²) in [5, 5.41) is 10.8. The highest BCUT2D eigenvalue weighted by molar-refractivity contribution is 6.28. The molecule has 0 aliphatic carbocycles. The van der Waals surface area contributed by atoms with Gasteiger partial charge in [-0.3, -0.25) is 19.7 Å². The van der Waals surface area contributed by atoms with Crippen LogP contribution in [0.3, 0.4) is 0 Å². The zero-order valence-electron chi connectivity index (χ0n) is 8.50. The van der Waals surface area contributed by atoms with Crippen LogP contribution in [0.5, 0.6) is 0 Å². The Morgan fingerprint density at radius 2 is 1.88 bits per heavy atom. The Morgan fingerprint density at radius 3 is 2.29 bits per heavy atom. The van der Waals surface area contributed by atoms with E-state index in [1.54, 1.807) is 0 Å². The third-order valence-corrected chi connectivity index (χ3v) is 2.16. The Kier molecular flexibility index (Phi) is 4.13. The van der Waals surface area contributed by atoms with Crippen molar-refractivity contribution in [1.29, 1.82) is 0 Å². The van der Waals surface area contributed by atoms with Crippen molar-refractivity contribution in [1.82, 2.24) is 5.01 Å². The van der Waals surface area contributed by atoms with Gasteiger partial charge in [-0.15, -0.1) is 11.6 Å². The largest absolute Gasteiger partial charge is 0.274 e. The molecule has 2 N–H and O–H groups in total. The monoisotopic (exact) mass is 257 g/mol. The van der Waals surface area contributed by atoms with Crippen LogP contribution in [0.2, 0.25) is 0 Å². The van der Waals surface area contributed by atoms with Crippen molar-refractivity contribution >= 4 is 29.1 Å². The molecule has 1 aromatic carbocycles. The molecule has 90 valence electrons. The fourth-order valence-corrected chi connectivity index (χ4v) is 1.17. The molecule has 7 nitrogen and oxygen atoms in total. The molecule has 0 aliphatic heterocycles. The van der Waals surface area contributed by atoms with Gasteiger partial charge in [0.25, 0.3) is 17.5 Å². The third-order valence-electron chi connectivity index (χ3n) is 1.93. The number of amides is 2. The highest BCUT2D eigenvalue weighted by Crippen LogP contribution is 2.12. The number of nitrogens with zero attached hydrogens (tertiary/aromatic N) is 2. The van der Waals surface area contributed by atoms with E-state index in [1.165, 1.54) is 12.1 Å². The van der Waals surface area contributed by atoms with Crippen molar-refractivity contribution < 1.29 is 14.5 Å². The fraction of sp³-hybridized carbons (Fsp3) is 0.111. The van der Waals surface area contributed by atoms with E-state index in [2.05, 4.69) is 0 Å². The SMILES string of the molecule is NN(C(=O)CCl)C(=O)c1ccc([N+](=O)[O-])cc1. The average molecular weight is 258 g/mol. The summed E-state index contributed by atoms with van der Waals surface area (Å²) in [5.74, 6) is 3.27. The maximum Gasteiger partial charge on any atom is 0.274 e. The zero-order chi connectivity index (χ0) is 13.0. The minimum atomic E-state index is -0.773. The predicted octanol–water partition coefficient (Wildman–Crippen LogP) is 0.676. The van der Waals surface area contributed by atoms with Gasteiger partial charge >= 0.3 is 0 Å². The van der Waals surface area contributed by atoms with Crippen LogP contribution in [-0.4, -0.2) is 27.6 Å². The maximum atomic E-state index is 11.6. The van der Waals surface area contributed by atoms with E-state index in [9.17, 15) is 19.7 Å². The first-order valence-corrected chi connectivity index (χ1v) is 4.93. The molecule has 0 bridgehead atoms. The van der Waals surface area contributed by atoms with E-state index in [0.29, 0.717) is 5.01 Å². The molecular formula is C9H8ClN3O4. The Morgan fingerprint density at radius 1 is 1.35 bits per heavy atom. The number of carbonyl (C=O) groups excluding carboxylic acids is 2. The molecule has 17 heavy (non-hydrogen) atoms. The summed E-state index contributed by atoms with van der Waals surface area (Å²) in [6, 6.07) is 4.71. The summed E-state index contributed by atoms with van der Waals surface area (Å²) in [6.07, 6.45) is 0. The zero-order valence-corrected chi connectivity index (χ0v) is 9.26. The van der Waals surface area contributed by atoms with Crippen molar-refractivity contribution in [3.63, 3.8) is 0 Å². The molecule has 0 heterocycles. The van der Waals surface area contributed by atoms with Crippen molar-refractivity contribution in [2.24, 2.45) is 5.84 Å². The first kappa shape index (κ1) is 13.1. The van der Waals surface area contributed by atoms with Crippen LogP contribution in [0, 0.1) is 10.1 Å². The molecule has 1 aromatic rings. The fourth-order valence-electron chi connectivity index (χ4n) is 1.04. The summed E-state index contributed by atoms with van der Waals surface area (Å²) < 4.78 is 0. The van der Waals surface area contributed by atoms with Gasteiger partial charge in [0, 0.05) is 17.7 Å². The van der Waals surface area contributed by atoms with Crippen molar-refractivity contribution in [3.8, 4) is 0 Å². The van der Waals surface area contributed by atoms with Gasteiger partial charge < -0.3 is 0 Å². The second-order valence-corrected chi connectivity index (χ2v) is 3.27. The normalized spacial score (nSPS) is 9.76. The Hall–Kier alpha value is -1.99. The smallest absolute Gasteiger partial charge is 0.272 e. The lowest BCUT2D eigenvalue weighted by atomic mass is 10.2. The quantitative estimate of drug-likeness (QED) is 0.282. The Bertz CT molecular complexity index is 460. The molecule has 0 fully saturated rings. The summed E-state index contributed by atoms with van der Waals surface area (Å²) in [5.41, 5.74) is -0.0923. The van der Waals surface area contributed by atoms with Gasteiger partial charge in [-0.05, 0) is 12.1 Å². The van der Waals surface area contributed by atoms with Crippen LogP contribution in [0.15, 0.2) is 24.3 Å². The summed E-state index contributed by atoms with van der Waals surface area (Å²) in [4.78, 5) is 32.4. The lowest BCUT2D eigenvalue weighted by molar-refractivity contribution is -0.384. The van der Waals surface area contributed by atoms with Crippen LogP contribution in [0.25, 0.3) is 0 Å². The molecule has 2 amide bonds. The van der Waals surface area contributed by atoms with E-state index in [1.807, 2.05) is 0 Å². The lowest BCUT2D eigenvalue weighted by Gasteiger charge is -2.12. The van der Waals surface area contributed by atoms with Crippen LogP contribution < -0.4 is 5.84 Å². The van der Waals surface area contributed by atoms with E-state index in [4.69, 9.17) is 17.4 Å². The predicted molar refractivity (Wildman–Crippen MR) is 59.2 cm³/mol. The van der Waals surface area contributed by atoms with Crippen LogP contribution in [0.4, 0.5) is 5.69 Å². The molecule has 0 saturated carbocycles. The van der Waals surface area contributed by atoms with Crippen molar-refractivity contribution in [2.75, 3.05) is 5.88 Å². The number of hydrogen-bond donors (Lipinski definition) is 1. The number of nitrogens with two attached hydrogens (primary N) is 1. The standard InChI is InChI=1S/C9H8ClN3O4/c10-5-8(14)12(11)9(15)6-1-3-7(4-2-6)13(16)17/h1-4H,5,11H2. The van der Waals surface area contributed by atoms with Gasteiger partial charge in [0.05, 0.1) is 4.92 Å². The van der Waals surface area contributed by atoms with E-state index in [0.717, 1.165) is 12.1 Å². The molecule has 0 spiro atoms. The molecule has 1 rings (SSSR count). The summed E-state index contributed by atoms with van der Waals surface area (Å²) in [7, 11) is 0. The number of nitro benzene ring substituents is 1. The number of nitro groups is 1. The van der Waals surface area contributed by atoms with E-state index >= 15 is 0 Å². The number of imide groups is 1. The first-order valence-electron chi connectivity index (χ1n) is 4.39. The molecule has 0 aliphatic rings. The molecule has 0 radical (unpaired) electrons. The molecule has 8 heteroatoms. The average Bonchev–Trinajstić information content (AvgIpc) is 2.36.